The second kappa shape index (κ2) is 9.54. The number of nitrogens with zero attached hydrogens (tertiary/aromatic N) is 4. The van der Waals surface area contributed by atoms with Crippen LogP contribution in [0.1, 0.15) is 86.8 Å². The molecule has 2 saturated heterocycles. The Kier molecular flexibility index (Phi) is 6.51. The van der Waals surface area contributed by atoms with E-state index in [-0.39, 0.29) is 11.5 Å². The third-order valence-corrected chi connectivity index (χ3v) is 8.28. The lowest BCUT2D eigenvalue weighted by Crippen LogP contribution is -2.50. The van der Waals surface area contributed by atoms with E-state index in [1.165, 1.54) is 36.8 Å². The van der Waals surface area contributed by atoms with Crippen LogP contribution in [0.3, 0.4) is 0 Å². The number of amides is 1. The summed E-state index contributed by atoms with van der Waals surface area (Å²) in [5.41, 5.74) is 4.20. The van der Waals surface area contributed by atoms with Crippen LogP contribution in [0.15, 0.2) is 36.7 Å². The summed E-state index contributed by atoms with van der Waals surface area (Å²) in [6.45, 7) is 7.30. The van der Waals surface area contributed by atoms with Gasteiger partial charge in [-0.1, -0.05) is 49.6 Å². The Morgan fingerprint density at radius 3 is 2.61 bits per heavy atom. The molecular weight excluding hydrogens is 408 g/mol. The predicted octanol–water partition coefficient (Wildman–Crippen LogP) is 5.08. The summed E-state index contributed by atoms with van der Waals surface area (Å²) in [5, 5.41) is 0. The fourth-order valence-electron chi connectivity index (χ4n) is 6.23. The highest BCUT2D eigenvalue weighted by Crippen LogP contribution is 2.40. The van der Waals surface area contributed by atoms with Gasteiger partial charge < -0.3 is 9.80 Å². The van der Waals surface area contributed by atoms with Gasteiger partial charge >= 0.3 is 0 Å². The Bertz CT molecular complexity index is 975. The molecule has 1 aliphatic carbocycles. The van der Waals surface area contributed by atoms with E-state index in [0.29, 0.717) is 5.91 Å². The van der Waals surface area contributed by atoms with Crippen molar-refractivity contribution in [1.29, 1.82) is 0 Å². The molecule has 1 aromatic carbocycles. The zero-order chi connectivity index (χ0) is 22.8. The quantitative estimate of drug-likeness (QED) is 0.642. The summed E-state index contributed by atoms with van der Waals surface area (Å²) in [6, 6.07) is 9.39. The summed E-state index contributed by atoms with van der Waals surface area (Å²) >= 11 is 0. The van der Waals surface area contributed by atoms with Crippen molar-refractivity contribution < 1.29 is 4.79 Å². The average Bonchev–Trinajstić information content (AvgIpc) is 3.52. The van der Waals surface area contributed by atoms with E-state index in [4.69, 9.17) is 4.98 Å². The molecule has 0 radical (unpaired) electrons. The van der Waals surface area contributed by atoms with Crippen LogP contribution >= 0.6 is 0 Å². The highest BCUT2D eigenvalue weighted by atomic mass is 16.2. The lowest BCUT2D eigenvalue weighted by atomic mass is 9.78. The second-order valence-corrected chi connectivity index (χ2v) is 10.8. The first-order valence-corrected chi connectivity index (χ1v) is 12.9. The third kappa shape index (κ3) is 4.84. The highest BCUT2D eigenvalue weighted by Gasteiger charge is 2.44. The number of aromatic nitrogens is 2. The number of hydrogen-bond donors (Lipinski definition) is 0. The molecule has 1 aromatic heterocycles. The van der Waals surface area contributed by atoms with E-state index >= 15 is 0 Å². The number of rotatable bonds is 5. The van der Waals surface area contributed by atoms with Gasteiger partial charge in [0.25, 0.3) is 0 Å². The zero-order valence-electron chi connectivity index (χ0n) is 20.3. The summed E-state index contributed by atoms with van der Waals surface area (Å²) in [6.07, 6.45) is 13.9. The molecule has 5 nitrogen and oxygen atoms in total. The first kappa shape index (κ1) is 22.5. The predicted molar refractivity (Wildman–Crippen MR) is 131 cm³/mol. The number of piperidine rings is 1. The summed E-state index contributed by atoms with van der Waals surface area (Å²) in [7, 11) is 0. The van der Waals surface area contributed by atoms with Crippen LogP contribution in [0.4, 0.5) is 0 Å². The molecule has 3 aliphatic rings. The van der Waals surface area contributed by atoms with Crippen molar-refractivity contribution in [2.45, 2.75) is 83.7 Å². The molecule has 33 heavy (non-hydrogen) atoms. The van der Waals surface area contributed by atoms with E-state index in [1.807, 2.05) is 12.4 Å². The Labute approximate surface area is 198 Å². The molecule has 0 bridgehead atoms. The number of carbonyl (C=O) groups is 1. The molecule has 5 rings (SSSR count). The third-order valence-electron chi connectivity index (χ3n) is 8.28. The molecule has 2 aliphatic heterocycles. The first-order valence-electron chi connectivity index (χ1n) is 12.9. The molecule has 0 unspecified atom stereocenters. The molecule has 5 heteroatoms. The van der Waals surface area contributed by atoms with Gasteiger partial charge in [0.15, 0.2) is 0 Å². The van der Waals surface area contributed by atoms with Crippen molar-refractivity contribution >= 4 is 5.91 Å². The molecular formula is C28H38N4O. The Morgan fingerprint density at radius 2 is 1.85 bits per heavy atom. The summed E-state index contributed by atoms with van der Waals surface area (Å²) in [5.74, 6) is 0.335. The van der Waals surface area contributed by atoms with Crippen LogP contribution < -0.4 is 0 Å². The maximum atomic E-state index is 13.8. The van der Waals surface area contributed by atoms with Crippen LogP contribution in [0.5, 0.6) is 0 Å². The Hall–Kier alpha value is -2.27. The number of likely N-dealkylation sites (tertiary alicyclic amines) is 2. The van der Waals surface area contributed by atoms with E-state index in [9.17, 15) is 4.79 Å². The molecule has 3 fully saturated rings. The van der Waals surface area contributed by atoms with Crippen molar-refractivity contribution in [1.82, 2.24) is 19.8 Å². The van der Waals surface area contributed by atoms with Gasteiger partial charge in [0.1, 0.15) is 0 Å². The standard InChI is InChI=1S/C28H38N4O/c1-21-7-5-8-22(17-21)18-23-19-29-20-25(30-23)26-11-6-14-32(26)27(33)28(2)12-15-31(16-13-28)24-9-3-4-10-24/h5,7-8,17,19-20,24,26H,3-4,6,9-16,18H2,1-2H3/t26-/m1/s1. The van der Waals surface area contributed by atoms with Gasteiger partial charge in [0.2, 0.25) is 5.91 Å². The van der Waals surface area contributed by atoms with Gasteiger partial charge in [0.05, 0.1) is 23.6 Å². The molecule has 176 valence electrons. The SMILES string of the molecule is Cc1cccc(Cc2cncc([C@H]3CCCN3C(=O)C3(C)CCN(C4CCCC4)CC3)n2)c1. The van der Waals surface area contributed by atoms with Crippen LogP contribution in [0.25, 0.3) is 0 Å². The van der Waals surface area contributed by atoms with E-state index in [2.05, 4.69) is 52.9 Å². The van der Waals surface area contributed by atoms with E-state index in [0.717, 1.165) is 69.2 Å². The molecule has 0 spiro atoms. The number of hydrogen-bond acceptors (Lipinski definition) is 4. The zero-order valence-corrected chi connectivity index (χ0v) is 20.3. The second-order valence-electron chi connectivity index (χ2n) is 10.8. The minimum atomic E-state index is -0.246. The summed E-state index contributed by atoms with van der Waals surface area (Å²) in [4.78, 5) is 28.1. The maximum absolute atomic E-state index is 13.8. The molecule has 3 heterocycles. The van der Waals surface area contributed by atoms with Crippen molar-refractivity contribution in [2.24, 2.45) is 5.41 Å². The van der Waals surface area contributed by atoms with Gasteiger partial charge in [0, 0.05) is 30.6 Å². The molecule has 2 aromatic rings. The van der Waals surface area contributed by atoms with E-state index < -0.39 is 0 Å². The summed E-state index contributed by atoms with van der Waals surface area (Å²) < 4.78 is 0. The molecule has 1 saturated carbocycles. The van der Waals surface area contributed by atoms with Gasteiger partial charge in [-0.05, 0) is 64.1 Å². The smallest absolute Gasteiger partial charge is 0.229 e. The number of aryl methyl sites for hydroxylation is 1. The lowest BCUT2D eigenvalue weighted by molar-refractivity contribution is -0.145. The maximum Gasteiger partial charge on any atom is 0.229 e. The minimum absolute atomic E-state index is 0.0622. The molecule has 1 atom stereocenters. The van der Waals surface area contributed by atoms with Crippen molar-refractivity contribution in [2.75, 3.05) is 19.6 Å². The van der Waals surface area contributed by atoms with Crippen molar-refractivity contribution in [3.63, 3.8) is 0 Å². The van der Waals surface area contributed by atoms with Gasteiger partial charge in [-0.2, -0.15) is 0 Å². The molecule has 1 amide bonds. The van der Waals surface area contributed by atoms with Crippen LogP contribution in [0, 0.1) is 12.3 Å². The molecule has 0 N–H and O–H groups in total. The van der Waals surface area contributed by atoms with Crippen LogP contribution in [-0.2, 0) is 11.2 Å². The van der Waals surface area contributed by atoms with Crippen LogP contribution in [-0.4, -0.2) is 51.4 Å². The lowest BCUT2D eigenvalue weighted by Gasteiger charge is -2.43. The van der Waals surface area contributed by atoms with Gasteiger partial charge in [-0.25, -0.2) is 0 Å². The van der Waals surface area contributed by atoms with Crippen molar-refractivity contribution in [3.8, 4) is 0 Å². The van der Waals surface area contributed by atoms with Crippen molar-refractivity contribution in [3.05, 3.63) is 59.2 Å². The normalized spacial score (nSPS) is 23.8. The first-order chi connectivity index (χ1) is 16.0. The highest BCUT2D eigenvalue weighted by molar-refractivity contribution is 5.83. The average molecular weight is 447 g/mol. The topological polar surface area (TPSA) is 49.3 Å². The minimum Gasteiger partial charge on any atom is -0.334 e. The van der Waals surface area contributed by atoms with Gasteiger partial charge in [-0.3, -0.25) is 14.8 Å². The fourth-order valence-corrected chi connectivity index (χ4v) is 6.23. The largest absolute Gasteiger partial charge is 0.334 e. The Balaban J connectivity index is 1.27. The fraction of sp³-hybridized carbons (Fsp3) is 0.607. The number of benzene rings is 1. The van der Waals surface area contributed by atoms with Gasteiger partial charge in [-0.15, -0.1) is 0 Å². The van der Waals surface area contributed by atoms with E-state index in [1.54, 1.807) is 0 Å². The number of carbonyl (C=O) groups excluding carboxylic acids is 1. The van der Waals surface area contributed by atoms with Crippen LogP contribution in [0.2, 0.25) is 0 Å². The Morgan fingerprint density at radius 1 is 1.06 bits per heavy atom. The monoisotopic (exact) mass is 446 g/mol.